The first-order valence-corrected chi connectivity index (χ1v) is 5.46. The second-order valence-corrected chi connectivity index (χ2v) is 5.13. The maximum atomic E-state index is 11.8. The summed E-state index contributed by atoms with van der Waals surface area (Å²) in [6, 6.07) is 3.70. The third kappa shape index (κ3) is 2.48. The molecule has 0 spiro atoms. The van der Waals surface area contributed by atoms with E-state index in [1.165, 1.54) is 6.42 Å². The van der Waals surface area contributed by atoms with E-state index in [9.17, 15) is 4.79 Å². The highest BCUT2D eigenvalue weighted by molar-refractivity contribution is 5.95. The lowest BCUT2D eigenvalue weighted by Crippen LogP contribution is -2.29. The van der Waals surface area contributed by atoms with E-state index in [1.807, 2.05) is 12.1 Å². The van der Waals surface area contributed by atoms with Gasteiger partial charge in [-0.3, -0.25) is 9.69 Å². The minimum absolute atomic E-state index is 0.192. The Balaban J connectivity index is 1.91. The minimum atomic E-state index is 0.192. The van der Waals surface area contributed by atoms with Gasteiger partial charge in [0.2, 0.25) is 0 Å². The zero-order valence-electron chi connectivity index (χ0n) is 9.42. The van der Waals surface area contributed by atoms with Gasteiger partial charge in [-0.25, -0.2) is 0 Å². The molecule has 2 heterocycles. The number of nitrogens with zero attached hydrogens (tertiary/aromatic N) is 1. The Morgan fingerprint density at radius 3 is 2.93 bits per heavy atom. The monoisotopic (exact) mass is 206 g/mol. The molecule has 1 aliphatic heterocycles. The van der Waals surface area contributed by atoms with Crippen LogP contribution in [0.2, 0.25) is 0 Å². The van der Waals surface area contributed by atoms with E-state index in [0.717, 1.165) is 18.8 Å². The van der Waals surface area contributed by atoms with Crippen molar-refractivity contribution in [3.05, 3.63) is 24.0 Å². The minimum Gasteiger partial charge on any atom is -0.359 e. The highest BCUT2D eigenvalue weighted by Gasteiger charge is 2.30. The van der Waals surface area contributed by atoms with Crippen molar-refractivity contribution in [1.29, 1.82) is 0 Å². The van der Waals surface area contributed by atoms with Crippen LogP contribution >= 0.6 is 0 Å². The summed E-state index contributed by atoms with van der Waals surface area (Å²) in [6.45, 7) is 7.13. The number of aromatic amines is 1. The van der Waals surface area contributed by atoms with Gasteiger partial charge in [0.15, 0.2) is 5.78 Å². The van der Waals surface area contributed by atoms with E-state index in [0.29, 0.717) is 12.0 Å². The maximum absolute atomic E-state index is 11.8. The third-order valence-corrected chi connectivity index (χ3v) is 3.02. The van der Waals surface area contributed by atoms with Gasteiger partial charge < -0.3 is 4.98 Å². The lowest BCUT2D eigenvalue weighted by molar-refractivity contribution is 0.0936. The Morgan fingerprint density at radius 1 is 1.60 bits per heavy atom. The first-order valence-electron chi connectivity index (χ1n) is 5.46. The molecule has 0 aliphatic carbocycles. The molecule has 0 aromatic carbocycles. The second-order valence-electron chi connectivity index (χ2n) is 5.13. The number of hydrogen-bond donors (Lipinski definition) is 1. The van der Waals surface area contributed by atoms with Crippen LogP contribution in [0, 0.1) is 5.41 Å². The SMILES string of the molecule is CC1(C)CCN(CC(=O)c2ccc[nH]2)C1. The fourth-order valence-electron chi connectivity index (χ4n) is 2.15. The van der Waals surface area contributed by atoms with Crippen LogP contribution in [0.3, 0.4) is 0 Å². The molecule has 0 saturated carbocycles. The maximum Gasteiger partial charge on any atom is 0.192 e. The lowest BCUT2D eigenvalue weighted by Gasteiger charge is -2.18. The van der Waals surface area contributed by atoms with Crippen molar-refractivity contribution in [2.45, 2.75) is 20.3 Å². The summed E-state index contributed by atoms with van der Waals surface area (Å²) in [5.41, 5.74) is 1.09. The molecule has 1 fully saturated rings. The molecular formula is C12H18N2O. The van der Waals surface area contributed by atoms with E-state index in [2.05, 4.69) is 23.7 Å². The molecule has 1 saturated heterocycles. The molecule has 2 rings (SSSR count). The number of carbonyl (C=O) groups excluding carboxylic acids is 1. The number of rotatable bonds is 3. The van der Waals surface area contributed by atoms with Gasteiger partial charge in [0.1, 0.15) is 0 Å². The predicted octanol–water partition coefficient (Wildman–Crippen LogP) is 1.93. The Hall–Kier alpha value is -1.09. The van der Waals surface area contributed by atoms with Gasteiger partial charge in [-0.15, -0.1) is 0 Å². The Labute approximate surface area is 90.5 Å². The van der Waals surface area contributed by atoms with Gasteiger partial charge in [-0.1, -0.05) is 13.8 Å². The van der Waals surface area contributed by atoms with Crippen molar-refractivity contribution >= 4 is 5.78 Å². The summed E-state index contributed by atoms with van der Waals surface area (Å²) < 4.78 is 0. The molecule has 0 atom stereocenters. The molecule has 1 aliphatic rings. The molecule has 0 radical (unpaired) electrons. The van der Waals surface area contributed by atoms with Gasteiger partial charge >= 0.3 is 0 Å². The van der Waals surface area contributed by atoms with Gasteiger partial charge in [0, 0.05) is 12.7 Å². The quantitative estimate of drug-likeness (QED) is 0.767. The van der Waals surface area contributed by atoms with Crippen LogP contribution in [0.5, 0.6) is 0 Å². The fourth-order valence-corrected chi connectivity index (χ4v) is 2.15. The van der Waals surface area contributed by atoms with Gasteiger partial charge in [0.05, 0.1) is 12.2 Å². The van der Waals surface area contributed by atoms with E-state index < -0.39 is 0 Å². The zero-order chi connectivity index (χ0) is 10.9. The summed E-state index contributed by atoms with van der Waals surface area (Å²) in [5, 5.41) is 0. The van der Waals surface area contributed by atoms with E-state index in [-0.39, 0.29) is 5.78 Å². The van der Waals surface area contributed by atoms with Crippen LogP contribution in [-0.2, 0) is 0 Å². The number of aromatic nitrogens is 1. The molecule has 3 heteroatoms. The standard InChI is InChI=1S/C12H18N2O/c1-12(2)5-7-14(9-12)8-11(15)10-4-3-6-13-10/h3-4,6,13H,5,7-9H2,1-2H3. The molecule has 1 aromatic heterocycles. The Morgan fingerprint density at radius 2 is 2.40 bits per heavy atom. The van der Waals surface area contributed by atoms with Crippen molar-refractivity contribution in [3.8, 4) is 0 Å². The lowest BCUT2D eigenvalue weighted by atomic mass is 9.93. The first kappa shape index (κ1) is 10.4. The summed E-state index contributed by atoms with van der Waals surface area (Å²) in [6.07, 6.45) is 2.98. The summed E-state index contributed by atoms with van der Waals surface area (Å²) in [4.78, 5) is 17.0. The van der Waals surface area contributed by atoms with Crippen LogP contribution < -0.4 is 0 Å². The molecule has 0 unspecified atom stereocenters. The largest absolute Gasteiger partial charge is 0.359 e. The van der Waals surface area contributed by atoms with Crippen molar-refractivity contribution in [2.24, 2.45) is 5.41 Å². The van der Waals surface area contributed by atoms with Crippen molar-refractivity contribution in [3.63, 3.8) is 0 Å². The molecule has 0 bridgehead atoms. The van der Waals surface area contributed by atoms with Gasteiger partial charge in [0.25, 0.3) is 0 Å². The van der Waals surface area contributed by atoms with Gasteiger partial charge in [-0.2, -0.15) is 0 Å². The van der Waals surface area contributed by atoms with Crippen molar-refractivity contribution < 1.29 is 4.79 Å². The average molecular weight is 206 g/mol. The van der Waals surface area contributed by atoms with Crippen LogP contribution in [0.4, 0.5) is 0 Å². The van der Waals surface area contributed by atoms with Crippen LogP contribution in [0.15, 0.2) is 18.3 Å². The Kier molecular flexibility index (Phi) is 2.65. The molecule has 82 valence electrons. The first-order chi connectivity index (χ1) is 7.07. The highest BCUT2D eigenvalue weighted by Crippen LogP contribution is 2.28. The summed E-state index contributed by atoms with van der Waals surface area (Å²) in [5.74, 6) is 0.192. The second kappa shape index (κ2) is 3.81. The van der Waals surface area contributed by atoms with E-state index >= 15 is 0 Å². The molecule has 1 N–H and O–H groups in total. The number of H-pyrrole nitrogens is 1. The Bertz CT molecular complexity index is 341. The summed E-state index contributed by atoms with van der Waals surface area (Å²) in [7, 11) is 0. The molecule has 15 heavy (non-hydrogen) atoms. The molecule has 1 aromatic rings. The number of likely N-dealkylation sites (tertiary alicyclic amines) is 1. The van der Waals surface area contributed by atoms with Crippen LogP contribution in [-0.4, -0.2) is 35.3 Å². The number of nitrogens with one attached hydrogen (secondary N) is 1. The summed E-state index contributed by atoms with van der Waals surface area (Å²) >= 11 is 0. The fraction of sp³-hybridized carbons (Fsp3) is 0.583. The van der Waals surface area contributed by atoms with Crippen molar-refractivity contribution in [2.75, 3.05) is 19.6 Å². The van der Waals surface area contributed by atoms with E-state index in [4.69, 9.17) is 0 Å². The number of hydrogen-bond acceptors (Lipinski definition) is 2. The molecule has 3 nitrogen and oxygen atoms in total. The molecular weight excluding hydrogens is 188 g/mol. The van der Waals surface area contributed by atoms with Crippen molar-refractivity contribution in [1.82, 2.24) is 9.88 Å². The van der Waals surface area contributed by atoms with Gasteiger partial charge in [-0.05, 0) is 30.5 Å². The number of Topliss-reactive ketones (excluding diaryl/α,β-unsaturated/α-hetero) is 1. The smallest absolute Gasteiger partial charge is 0.192 e. The molecule has 0 amide bonds. The number of carbonyl (C=O) groups is 1. The predicted molar refractivity (Wildman–Crippen MR) is 60.0 cm³/mol. The van der Waals surface area contributed by atoms with Crippen LogP contribution in [0.1, 0.15) is 30.8 Å². The average Bonchev–Trinajstić information content (AvgIpc) is 2.74. The van der Waals surface area contributed by atoms with Crippen LogP contribution in [0.25, 0.3) is 0 Å². The van der Waals surface area contributed by atoms with E-state index in [1.54, 1.807) is 6.20 Å². The topological polar surface area (TPSA) is 36.1 Å². The zero-order valence-corrected chi connectivity index (χ0v) is 9.42. The number of ketones is 1. The normalized spacial score (nSPS) is 20.7. The third-order valence-electron chi connectivity index (χ3n) is 3.02. The highest BCUT2D eigenvalue weighted by atomic mass is 16.1.